The maximum Gasteiger partial charge on any atom is 0.165 e. The Kier molecular flexibility index (Phi) is 2.84. The first-order valence-corrected chi connectivity index (χ1v) is 3.94. The van der Waals surface area contributed by atoms with Crippen LogP contribution in [0, 0.1) is 5.82 Å². The fraction of sp³-hybridized carbons (Fsp3) is 0.222. The zero-order chi connectivity index (χ0) is 9.84. The minimum atomic E-state index is -0.688. The molecular weight excluding hydrogens is 171 g/mol. The van der Waals surface area contributed by atoms with Crippen LogP contribution >= 0.6 is 0 Å². The van der Waals surface area contributed by atoms with Crippen molar-refractivity contribution in [2.45, 2.75) is 6.92 Å². The van der Waals surface area contributed by atoms with Gasteiger partial charge in [0.15, 0.2) is 11.6 Å². The quantitative estimate of drug-likeness (QED) is 0.534. The predicted molar refractivity (Wildman–Crippen MR) is 49.3 cm³/mol. The van der Waals surface area contributed by atoms with E-state index in [1.807, 2.05) is 6.92 Å². The van der Waals surface area contributed by atoms with Gasteiger partial charge in [-0.3, -0.25) is 4.99 Å². The van der Waals surface area contributed by atoms with Crippen molar-refractivity contribution in [1.29, 1.82) is 0 Å². The van der Waals surface area contributed by atoms with Gasteiger partial charge < -0.3 is 10.8 Å². The summed E-state index contributed by atoms with van der Waals surface area (Å²) in [5.41, 5.74) is 6.01. The molecule has 0 aliphatic rings. The molecule has 0 amide bonds. The van der Waals surface area contributed by atoms with Gasteiger partial charge in [-0.05, 0) is 25.1 Å². The Bertz CT molecular complexity index is 336. The van der Waals surface area contributed by atoms with Crippen LogP contribution in [0.5, 0.6) is 5.75 Å². The highest BCUT2D eigenvalue weighted by Crippen LogP contribution is 2.15. The lowest BCUT2D eigenvalue weighted by atomic mass is 10.2. The molecule has 70 valence electrons. The van der Waals surface area contributed by atoms with Crippen molar-refractivity contribution in [3.05, 3.63) is 29.6 Å². The van der Waals surface area contributed by atoms with Gasteiger partial charge >= 0.3 is 0 Å². The highest BCUT2D eigenvalue weighted by atomic mass is 19.1. The smallest absolute Gasteiger partial charge is 0.165 e. The van der Waals surface area contributed by atoms with Crippen molar-refractivity contribution in [3.63, 3.8) is 0 Å². The van der Waals surface area contributed by atoms with Crippen molar-refractivity contribution in [3.8, 4) is 5.75 Å². The number of phenolic OH excluding ortho intramolecular Hbond substituents is 1. The van der Waals surface area contributed by atoms with Crippen molar-refractivity contribution in [2.24, 2.45) is 10.7 Å². The van der Waals surface area contributed by atoms with Crippen molar-refractivity contribution in [1.82, 2.24) is 0 Å². The van der Waals surface area contributed by atoms with Crippen LogP contribution in [0.1, 0.15) is 12.5 Å². The highest BCUT2D eigenvalue weighted by Gasteiger charge is 2.03. The Morgan fingerprint density at radius 3 is 2.85 bits per heavy atom. The molecule has 0 aliphatic heterocycles. The maximum absolute atomic E-state index is 12.8. The largest absolute Gasteiger partial charge is 0.505 e. The Balaban J connectivity index is 3.04. The van der Waals surface area contributed by atoms with Crippen LogP contribution in [0.4, 0.5) is 4.39 Å². The van der Waals surface area contributed by atoms with Crippen molar-refractivity contribution >= 4 is 5.84 Å². The van der Waals surface area contributed by atoms with E-state index in [9.17, 15) is 4.39 Å². The molecule has 0 heterocycles. The standard InChI is InChI=1S/C9H11FN2O/c1-2-12-9(11)6-3-4-8(13)7(10)5-6/h3-5,13H,2H2,1H3,(H2,11,12). The third-order valence-corrected chi connectivity index (χ3v) is 1.57. The number of nitrogens with zero attached hydrogens (tertiary/aromatic N) is 1. The molecule has 0 spiro atoms. The van der Waals surface area contributed by atoms with Gasteiger partial charge in [0.25, 0.3) is 0 Å². The molecule has 0 atom stereocenters. The Hall–Kier alpha value is -1.58. The van der Waals surface area contributed by atoms with E-state index >= 15 is 0 Å². The normalized spacial score (nSPS) is 11.7. The molecule has 0 unspecified atom stereocenters. The minimum absolute atomic E-state index is 0.279. The molecule has 0 aliphatic carbocycles. The van der Waals surface area contributed by atoms with E-state index in [2.05, 4.69) is 4.99 Å². The molecule has 0 radical (unpaired) electrons. The SMILES string of the molecule is CCN=C(N)c1ccc(O)c(F)c1. The van der Waals surface area contributed by atoms with E-state index in [0.29, 0.717) is 12.1 Å². The van der Waals surface area contributed by atoms with Gasteiger partial charge in [-0.1, -0.05) is 0 Å². The van der Waals surface area contributed by atoms with Gasteiger partial charge in [-0.25, -0.2) is 4.39 Å². The van der Waals surface area contributed by atoms with E-state index in [0.717, 1.165) is 6.07 Å². The summed E-state index contributed by atoms with van der Waals surface area (Å²) in [6, 6.07) is 3.93. The number of rotatable bonds is 2. The van der Waals surface area contributed by atoms with Crippen molar-refractivity contribution in [2.75, 3.05) is 6.54 Å². The second-order valence-electron chi connectivity index (χ2n) is 2.53. The number of nitrogens with two attached hydrogens (primary N) is 1. The van der Waals surface area contributed by atoms with E-state index in [1.165, 1.54) is 12.1 Å². The van der Waals surface area contributed by atoms with Gasteiger partial charge in [0.2, 0.25) is 0 Å². The van der Waals surface area contributed by atoms with Crippen LogP contribution < -0.4 is 5.73 Å². The molecule has 0 bridgehead atoms. The Labute approximate surface area is 75.7 Å². The molecule has 4 heteroatoms. The van der Waals surface area contributed by atoms with Crippen LogP contribution in [0.15, 0.2) is 23.2 Å². The lowest BCUT2D eigenvalue weighted by Gasteiger charge is -2.01. The number of aliphatic imine (C=N–C) groups is 1. The topological polar surface area (TPSA) is 58.6 Å². The molecule has 0 fully saturated rings. The first kappa shape index (κ1) is 9.51. The molecule has 3 nitrogen and oxygen atoms in total. The summed E-state index contributed by atoms with van der Waals surface area (Å²) in [5, 5.41) is 8.90. The van der Waals surface area contributed by atoms with Crippen LogP contribution in [0.3, 0.4) is 0 Å². The zero-order valence-electron chi connectivity index (χ0n) is 7.29. The van der Waals surface area contributed by atoms with Gasteiger partial charge in [0.1, 0.15) is 5.84 Å². The minimum Gasteiger partial charge on any atom is -0.505 e. The van der Waals surface area contributed by atoms with E-state index in [1.54, 1.807) is 0 Å². The average molecular weight is 182 g/mol. The summed E-state index contributed by atoms with van der Waals surface area (Å²) in [6.07, 6.45) is 0. The van der Waals surface area contributed by atoms with Gasteiger partial charge in [-0.2, -0.15) is 0 Å². The maximum atomic E-state index is 12.8. The molecular formula is C9H11FN2O. The van der Waals surface area contributed by atoms with E-state index < -0.39 is 5.82 Å². The predicted octanol–water partition coefficient (Wildman–Crippen LogP) is 1.26. The summed E-state index contributed by atoms with van der Waals surface area (Å²) < 4.78 is 12.8. The van der Waals surface area contributed by atoms with Crippen LogP contribution in [-0.4, -0.2) is 17.5 Å². The lowest BCUT2D eigenvalue weighted by molar-refractivity contribution is 0.432. The summed E-state index contributed by atoms with van der Waals surface area (Å²) in [4.78, 5) is 3.91. The zero-order valence-corrected chi connectivity index (χ0v) is 7.29. The first-order valence-electron chi connectivity index (χ1n) is 3.94. The molecule has 1 aromatic carbocycles. The number of hydrogen-bond acceptors (Lipinski definition) is 2. The van der Waals surface area contributed by atoms with Crippen molar-refractivity contribution < 1.29 is 9.50 Å². The molecule has 1 aromatic rings. The lowest BCUT2D eigenvalue weighted by Crippen LogP contribution is -2.13. The van der Waals surface area contributed by atoms with Crippen LogP contribution in [0.2, 0.25) is 0 Å². The van der Waals surface area contributed by atoms with Gasteiger partial charge in [0.05, 0.1) is 0 Å². The van der Waals surface area contributed by atoms with Gasteiger partial charge in [0, 0.05) is 12.1 Å². The highest BCUT2D eigenvalue weighted by molar-refractivity contribution is 5.97. The number of benzene rings is 1. The molecule has 13 heavy (non-hydrogen) atoms. The monoisotopic (exact) mass is 182 g/mol. The van der Waals surface area contributed by atoms with E-state index in [4.69, 9.17) is 10.8 Å². The van der Waals surface area contributed by atoms with E-state index in [-0.39, 0.29) is 11.6 Å². The fourth-order valence-corrected chi connectivity index (χ4v) is 0.928. The summed E-state index contributed by atoms with van der Waals surface area (Å²) in [7, 11) is 0. The summed E-state index contributed by atoms with van der Waals surface area (Å²) in [5.74, 6) is -0.791. The first-order chi connectivity index (χ1) is 6.15. The number of halogens is 1. The second kappa shape index (κ2) is 3.89. The third kappa shape index (κ3) is 2.18. The number of amidine groups is 1. The van der Waals surface area contributed by atoms with Crippen LogP contribution in [-0.2, 0) is 0 Å². The number of phenols is 1. The summed E-state index contributed by atoms with van der Waals surface area (Å²) >= 11 is 0. The average Bonchev–Trinajstić information content (AvgIpc) is 2.10. The number of hydrogen-bond donors (Lipinski definition) is 2. The molecule has 1 rings (SSSR count). The molecule has 0 saturated carbocycles. The van der Waals surface area contributed by atoms with Crippen LogP contribution in [0.25, 0.3) is 0 Å². The molecule has 3 N–H and O–H groups in total. The second-order valence-corrected chi connectivity index (χ2v) is 2.53. The third-order valence-electron chi connectivity index (χ3n) is 1.57. The number of aromatic hydroxyl groups is 1. The van der Waals surface area contributed by atoms with Gasteiger partial charge in [-0.15, -0.1) is 0 Å². The molecule has 0 aromatic heterocycles. The Morgan fingerprint density at radius 1 is 1.62 bits per heavy atom. The Morgan fingerprint density at radius 2 is 2.31 bits per heavy atom. The summed E-state index contributed by atoms with van der Waals surface area (Å²) in [6.45, 7) is 2.39. The molecule has 0 saturated heterocycles. The fourth-order valence-electron chi connectivity index (χ4n) is 0.928.